The van der Waals surface area contributed by atoms with E-state index in [9.17, 15) is 4.79 Å². The Hall–Kier alpha value is -2.30. The Morgan fingerprint density at radius 1 is 1.40 bits per heavy atom. The number of carbonyl (C=O) groups is 1. The number of rotatable bonds is 3. The molecule has 0 aliphatic carbocycles. The van der Waals surface area contributed by atoms with Crippen molar-refractivity contribution in [3.05, 3.63) is 54.2 Å². The number of oxazole rings is 1. The molecule has 0 N–H and O–H groups in total. The fraction of sp³-hybridized carbons (Fsp3) is 0.333. The normalized spacial score (nSPS) is 18.2. The van der Waals surface area contributed by atoms with Crippen LogP contribution in [0.3, 0.4) is 0 Å². The van der Waals surface area contributed by atoms with Crippen molar-refractivity contribution in [3.63, 3.8) is 0 Å². The average molecular weight is 272 g/mol. The van der Waals surface area contributed by atoms with Gasteiger partial charge in [-0.3, -0.25) is 4.90 Å². The maximum absolute atomic E-state index is 12.2. The molecule has 1 unspecified atom stereocenters. The van der Waals surface area contributed by atoms with Crippen LogP contribution in [-0.4, -0.2) is 22.5 Å². The molecule has 1 aromatic heterocycles. The molecule has 2 aromatic rings. The highest BCUT2D eigenvalue weighted by Gasteiger charge is 2.33. The Morgan fingerprint density at radius 2 is 2.25 bits per heavy atom. The number of amides is 1. The monoisotopic (exact) mass is 272 g/mol. The Labute approximate surface area is 117 Å². The van der Waals surface area contributed by atoms with Gasteiger partial charge < -0.3 is 9.15 Å². The number of hydrogen-bond acceptors (Lipinski definition) is 4. The van der Waals surface area contributed by atoms with Crippen LogP contribution in [0.25, 0.3) is 0 Å². The molecule has 2 heterocycles. The number of benzene rings is 1. The quantitative estimate of drug-likeness (QED) is 0.861. The third kappa shape index (κ3) is 2.66. The zero-order valence-corrected chi connectivity index (χ0v) is 11.1. The number of aromatic nitrogens is 1. The van der Waals surface area contributed by atoms with E-state index >= 15 is 0 Å². The minimum Gasteiger partial charge on any atom is -0.447 e. The van der Waals surface area contributed by atoms with Crippen LogP contribution in [0.5, 0.6) is 0 Å². The number of hydrogen-bond donors (Lipinski definition) is 0. The second-order valence-corrected chi connectivity index (χ2v) is 4.76. The summed E-state index contributed by atoms with van der Waals surface area (Å²) in [5, 5.41) is 0. The SMILES string of the molecule is O=C(OCc1ccccc1)N1CCCC1c1ncco1. The van der Waals surface area contributed by atoms with Gasteiger partial charge in [-0.05, 0) is 18.4 Å². The predicted octanol–water partition coefficient (Wildman–Crippen LogP) is 3.15. The van der Waals surface area contributed by atoms with E-state index in [0.717, 1.165) is 18.4 Å². The van der Waals surface area contributed by atoms with Crippen molar-refractivity contribution >= 4 is 6.09 Å². The first-order valence-electron chi connectivity index (χ1n) is 6.71. The molecule has 0 radical (unpaired) electrons. The number of ether oxygens (including phenoxy) is 1. The van der Waals surface area contributed by atoms with Crippen LogP contribution in [0.2, 0.25) is 0 Å². The van der Waals surface area contributed by atoms with E-state index in [1.54, 1.807) is 11.1 Å². The van der Waals surface area contributed by atoms with Gasteiger partial charge in [-0.1, -0.05) is 30.3 Å². The zero-order chi connectivity index (χ0) is 13.8. The minimum atomic E-state index is -0.311. The van der Waals surface area contributed by atoms with Crippen molar-refractivity contribution in [1.29, 1.82) is 0 Å². The second kappa shape index (κ2) is 5.77. The molecule has 5 nitrogen and oxygen atoms in total. The molecule has 1 aromatic carbocycles. The molecule has 1 aliphatic rings. The lowest BCUT2D eigenvalue weighted by Gasteiger charge is -2.21. The summed E-state index contributed by atoms with van der Waals surface area (Å²) in [6, 6.07) is 9.55. The van der Waals surface area contributed by atoms with Gasteiger partial charge in [0.2, 0.25) is 5.89 Å². The lowest BCUT2D eigenvalue weighted by Crippen LogP contribution is -2.31. The Balaban J connectivity index is 1.62. The Morgan fingerprint density at radius 3 is 3.00 bits per heavy atom. The maximum atomic E-state index is 12.2. The van der Waals surface area contributed by atoms with Crippen LogP contribution in [-0.2, 0) is 11.3 Å². The van der Waals surface area contributed by atoms with Crippen molar-refractivity contribution in [1.82, 2.24) is 9.88 Å². The second-order valence-electron chi connectivity index (χ2n) is 4.76. The van der Waals surface area contributed by atoms with Crippen LogP contribution in [0, 0.1) is 0 Å². The van der Waals surface area contributed by atoms with Gasteiger partial charge in [-0.25, -0.2) is 9.78 Å². The van der Waals surface area contributed by atoms with Crippen LogP contribution in [0.15, 0.2) is 47.2 Å². The highest BCUT2D eigenvalue weighted by atomic mass is 16.6. The van der Waals surface area contributed by atoms with Crippen molar-refractivity contribution in [3.8, 4) is 0 Å². The largest absolute Gasteiger partial charge is 0.447 e. The summed E-state index contributed by atoms with van der Waals surface area (Å²) in [6.45, 7) is 0.967. The molecule has 1 saturated heterocycles. The fourth-order valence-electron chi connectivity index (χ4n) is 2.44. The first-order valence-corrected chi connectivity index (χ1v) is 6.71. The maximum Gasteiger partial charge on any atom is 0.410 e. The summed E-state index contributed by atoms with van der Waals surface area (Å²) in [5.41, 5.74) is 0.979. The lowest BCUT2D eigenvalue weighted by atomic mass is 10.2. The van der Waals surface area contributed by atoms with E-state index in [4.69, 9.17) is 9.15 Å². The Bertz CT molecular complexity index is 554. The summed E-state index contributed by atoms with van der Waals surface area (Å²) < 4.78 is 10.7. The van der Waals surface area contributed by atoms with Crippen LogP contribution >= 0.6 is 0 Å². The van der Waals surface area contributed by atoms with Crippen molar-refractivity contribution in [2.24, 2.45) is 0 Å². The zero-order valence-electron chi connectivity index (χ0n) is 11.1. The highest BCUT2D eigenvalue weighted by Crippen LogP contribution is 2.31. The highest BCUT2D eigenvalue weighted by molar-refractivity contribution is 5.68. The van der Waals surface area contributed by atoms with E-state index < -0.39 is 0 Å². The molecule has 104 valence electrons. The van der Waals surface area contributed by atoms with Gasteiger partial charge in [0.1, 0.15) is 18.9 Å². The van der Waals surface area contributed by atoms with Crippen LogP contribution in [0.4, 0.5) is 4.79 Å². The molecule has 0 saturated carbocycles. The molecule has 0 spiro atoms. The first-order chi connectivity index (χ1) is 9.84. The Kier molecular flexibility index (Phi) is 3.67. The lowest BCUT2D eigenvalue weighted by molar-refractivity contribution is 0.0878. The third-order valence-electron chi connectivity index (χ3n) is 3.43. The van der Waals surface area contributed by atoms with Crippen molar-refractivity contribution in [2.45, 2.75) is 25.5 Å². The topological polar surface area (TPSA) is 55.6 Å². The molecule has 0 bridgehead atoms. The van der Waals surface area contributed by atoms with Gasteiger partial charge in [-0.15, -0.1) is 0 Å². The van der Waals surface area contributed by atoms with Gasteiger partial charge in [-0.2, -0.15) is 0 Å². The van der Waals surface area contributed by atoms with E-state index in [2.05, 4.69) is 4.98 Å². The molecule has 1 amide bonds. The predicted molar refractivity (Wildman–Crippen MR) is 71.8 cm³/mol. The summed E-state index contributed by atoms with van der Waals surface area (Å²) in [7, 11) is 0. The number of nitrogens with zero attached hydrogens (tertiary/aromatic N) is 2. The molecule has 1 fully saturated rings. The van der Waals surface area contributed by atoms with Crippen LogP contribution < -0.4 is 0 Å². The van der Waals surface area contributed by atoms with E-state index in [1.165, 1.54) is 6.26 Å². The van der Waals surface area contributed by atoms with E-state index in [-0.39, 0.29) is 18.7 Å². The van der Waals surface area contributed by atoms with Crippen LogP contribution in [0.1, 0.15) is 30.3 Å². The van der Waals surface area contributed by atoms with E-state index in [0.29, 0.717) is 12.4 Å². The fourth-order valence-corrected chi connectivity index (χ4v) is 2.44. The van der Waals surface area contributed by atoms with Gasteiger partial charge in [0.05, 0.1) is 6.20 Å². The molecule has 3 rings (SSSR count). The molecular formula is C15H16N2O3. The smallest absolute Gasteiger partial charge is 0.410 e. The van der Waals surface area contributed by atoms with Crippen molar-refractivity contribution in [2.75, 3.05) is 6.54 Å². The average Bonchev–Trinajstić information content (AvgIpc) is 3.15. The third-order valence-corrected chi connectivity index (χ3v) is 3.43. The standard InChI is InChI=1S/C15H16N2O3/c18-15(20-11-12-5-2-1-3-6-12)17-9-4-7-13(17)14-16-8-10-19-14/h1-3,5-6,8,10,13H,4,7,9,11H2. The molecule has 5 heteroatoms. The molecule has 1 atom stereocenters. The molecule has 20 heavy (non-hydrogen) atoms. The molecule has 1 aliphatic heterocycles. The summed E-state index contributed by atoms with van der Waals surface area (Å²) in [6.07, 6.45) is 4.62. The van der Waals surface area contributed by atoms with Gasteiger partial charge in [0, 0.05) is 6.54 Å². The summed E-state index contributed by atoms with van der Waals surface area (Å²) >= 11 is 0. The van der Waals surface area contributed by atoms with Gasteiger partial charge >= 0.3 is 6.09 Å². The summed E-state index contributed by atoms with van der Waals surface area (Å²) in [5.74, 6) is 0.583. The minimum absolute atomic E-state index is 0.103. The van der Waals surface area contributed by atoms with Gasteiger partial charge in [0.15, 0.2) is 0 Å². The van der Waals surface area contributed by atoms with Crippen molar-refractivity contribution < 1.29 is 13.9 Å². The number of likely N-dealkylation sites (tertiary alicyclic amines) is 1. The molecular weight excluding hydrogens is 256 g/mol. The first kappa shape index (κ1) is 12.7. The van der Waals surface area contributed by atoms with E-state index in [1.807, 2.05) is 30.3 Å². The number of carbonyl (C=O) groups excluding carboxylic acids is 1. The summed E-state index contributed by atoms with van der Waals surface area (Å²) in [4.78, 5) is 18.0. The van der Waals surface area contributed by atoms with Gasteiger partial charge in [0.25, 0.3) is 0 Å².